The number of hydrogen-bond acceptors (Lipinski definition) is 2. The second kappa shape index (κ2) is 6.29. The van der Waals surface area contributed by atoms with Gasteiger partial charge >= 0.3 is 0 Å². The lowest BCUT2D eigenvalue weighted by Gasteiger charge is -2.28. The second-order valence-corrected chi connectivity index (χ2v) is 4.83. The van der Waals surface area contributed by atoms with Gasteiger partial charge in [0.15, 0.2) is 0 Å². The third-order valence-electron chi connectivity index (χ3n) is 3.20. The quantitative estimate of drug-likeness (QED) is 0.688. The molecule has 0 amide bonds. The summed E-state index contributed by atoms with van der Waals surface area (Å²) in [6, 6.07) is 0. The standard InChI is InChI=1S/C13H24O2/c1-3-4-5-12-9-11(8-10(2)14)6-7-13(12)15/h6,10,12-15H,3-5,7-9H2,1-2H3/t10-,12-,13+/m1/s1. The molecule has 0 aromatic heterocycles. The number of hydrogen-bond donors (Lipinski definition) is 2. The molecule has 0 aliphatic heterocycles. The molecule has 0 bridgehead atoms. The molecule has 0 aromatic rings. The van der Waals surface area contributed by atoms with Gasteiger partial charge in [-0.3, -0.25) is 0 Å². The number of unbranched alkanes of at least 4 members (excludes halogenated alkanes) is 1. The topological polar surface area (TPSA) is 40.5 Å². The average molecular weight is 212 g/mol. The van der Waals surface area contributed by atoms with E-state index in [0.29, 0.717) is 5.92 Å². The fraction of sp³-hybridized carbons (Fsp3) is 0.846. The molecule has 0 spiro atoms. The van der Waals surface area contributed by atoms with E-state index in [1.165, 1.54) is 18.4 Å². The third-order valence-corrected chi connectivity index (χ3v) is 3.20. The van der Waals surface area contributed by atoms with Crippen molar-refractivity contribution in [3.63, 3.8) is 0 Å². The summed E-state index contributed by atoms with van der Waals surface area (Å²) in [5.41, 5.74) is 1.33. The molecule has 2 N–H and O–H groups in total. The Labute approximate surface area is 93.0 Å². The van der Waals surface area contributed by atoms with Crippen LogP contribution in [0.25, 0.3) is 0 Å². The number of aliphatic hydroxyl groups excluding tert-OH is 2. The van der Waals surface area contributed by atoms with Gasteiger partial charge in [0.2, 0.25) is 0 Å². The van der Waals surface area contributed by atoms with Crippen LogP contribution in [0.3, 0.4) is 0 Å². The molecule has 0 aromatic carbocycles. The molecular formula is C13H24O2. The average Bonchev–Trinajstić information content (AvgIpc) is 2.18. The molecule has 1 aliphatic rings. The summed E-state index contributed by atoms with van der Waals surface area (Å²) in [5.74, 6) is 0.420. The Hall–Kier alpha value is -0.340. The minimum atomic E-state index is -0.252. The van der Waals surface area contributed by atoms with Crippen molar-refractivity contribution in [1.29, 1.82) is 0 Å². The molecular weight excluding hydrogens is 188 g/mol. The molecule has 15 heavy (non-hydrogen) atoms. The number of aliphatic hydroxyl groups is 2. The van der Waals surface area contributed by atoms with Crippen LogP contribution >= 0.6 is 0 Å². The van der Waals surface area contributed by atoms with E-state index in [4.69, 9.17) is 0 Å². The molecule has 0 unspecified atom stereocenters. The molecule has 1 aliphatic carbocycles. The Morgan fingerprint density at radius 1 is 1.53 bits per heavy atom. The van der Waals surface area contributed by atoms with Crippen LogP contribution in [-0.4, -0.2) is 22.4 Å². The van der Waals surface area contributed by atoms with Gasteiger partial charge in [-0.2, -0.15) is 0 Å². The van der Waals surface area contributed by atoms with Gasteiger partial charge in [0.1, 0.15) is 0 Å². The Bertz CT molecular complexity index is 209. The molecule has 0 saturated carbocycles. The molecule has 0 saturated heterocycles. The van der Waals surface area contributed by atoms with E-state index >= 15 is 0 Å². The van der Waals surface area contributed by atoms with E-state index in [1.54, 1.807) is 0 Å². The molecule has 3 atom stereocenters. The lowest BCUT2D eigenvalue weighted by molar-refractivity contribution is 0.0935. The maximum atomic E-state index is 9.84. The zero-order chi connectivity index (χ0) is 11.3. The SMILES string of the molecule is CCCC[C@@H]1CC(C[C@@H](C)O)=CC[C@@H]1O. The smallest absolute Gasteiger partial charge is 0.0605 e. The predicted octanol–water partition coefficient (Wildman–Crippen LogP) is 2.64. The zero-order valence-corrected chi connectivity index (χ0v) is 9.95. The van der Waals surface area contributed by atoms with Crippen molar-refractivity contribution in [1.82, 2.24) is 0 Å². The van der Waals surface area contributed by atoms with Crippen molar-refractivity contribution in [3.8, 4) is 0 Å². The van der Waals surface area contributed by atoms with Gasteiger partial charge in [0.05, 0.1) is 12.2 Å². The fourth-order valence-electron chi connectivity index (χ4n) is 2.34. The normalized spacial score (nSPS) is 28.7. The highest BCUT2D eigenvalue weighted by Gasteiger charge is 2.23. The Morgan fingerprint density at radius 3 is 2.87 bits per heavy atom. The zero-order valence-electron chi connectivity index (χ0n) is 9.95. The molecule has 88 valence electrons. The highest BCUT2D eigenvalue weighted by atomic mass is 16.3. The largest absolute Gasteiger partial charge is 0.393 e. The molecule has 1 rings (SSSR count). The highest BCUT2D eigenvalue weighted by molar-refractivity contribution is 5.09. The molecule has 0 heterocycles. The van der Waals surface area contributed by atoms with Gasteiger partial charge in [-0.25, -0.2) is 0 Å². The molecule has 2 nitrogen and oxygen atoms in total. The maximum Gasteiger partial charge on any atom is 0.0605 e. The van der Waals surface area contributed by atoms with Crippen LogP contribution in [0.4, 0.5) is 0 Å². The van der Waals surface area contributed by atoms with Crippen LogP contribution in [0.2, 0.25) is 0 Å². The summed E-state index contributed by atoms with van der Waals surface area (Å²) in [4.78, 5) is 0. The molecule has 0 radical (unpaired) electrons. The summed E-state index contributed by atoms with van der Waals surface area (Å²) < 4.78 is 0. The third kappa shape index (κ3) is 4.35. The van der Waals surface area contributed by atoms with Crippen LogP contribution in [-0.2, 0) is 0 Å². The number of rotatable bonds is 5. The Balaban J connectivity index is 2.43. The lowest BCUT2D eigenvalue weighted by atomic mass is 9.81. The van der Waals surface area contributed by atoms with Crippen LogP contribution in [0.1, 0.15) is 52.4 Å². The van der Waals surface area contributed by atoms with Crippen molar-refractivity contribution in [2.45, 2.75) is 64.6 Å². The highest BCUT2D eigenvalue weighted by Crippen LogP contribution is 2.30. The lowest BCUT2D eigenvalue weighted by Crippen LogP contribution is -2.24. The Morgan fingerprint density at radius 2 is 2.27 bits per heavy atom. The minimum Gasteiger partial charge on any atom is -0.393 e. The fourth-order valence-corrected chi connectivity index (χ4v) is 2.34. The van der Waals surface area contributed by atoms with Crippen molar-refractivity contribution in [3.05, 3.63) is 11.6 Å². The monoisotopic (exact) mass is 212 g/mol. The van der Waals surface area contributed by atoms with E-state index in [-0.39, 0.29) is 12.2 Å². The van der Waals surface area contributed by atoms with Crippen molar-refractivity contribution >= 4 is 0 Å². The van der Waals surface area contributed by atoms with Crippen molar-refractivity contribution in [2.24, 2.45) is 5.92 Å². The maximum absolute atomic E-state index is 9.84. The summed E-state index contributed by atoms with van der Waals surface area (Å²) in [6.07, 6.45) is 7.74. The van der Waals surface area contributed by atoms with Crippen LogP contribution in [0.15, 0.2) is 11.6 Å². The summed E-state index contributed by atoms with van der Waals surface area (Å²) in [6.45, 7) is 4.01. The van der Waals surface area contributed by atoms with Gasteiger partial charge in [-0.1, -0.05) is 31.4 Å². The van der Waals surface area contributed by atoms with Gasteiger partial charge in [-0.15, -0.1) is 0 Å². The first-order valence-corrected chi connectivity index (χ1v) is 6.17. The first kappa shape index (κ1) is 12.7. The van der Waals surface area contributed by atoms with E-state index in [0.717, 1.165) is 25.7 Å². The molecule has 0 fully saturated rings. The summed E-state index contributed by atoms with van der Waals surface area (Å²) >= 11 is 0. The van der Waals surface area contributed by atoms with Gasteiger partial charge < -0.3 is 10.2 Å². The first-order valence-electron chi connectivity index (χ1n) is 6.17. The van der Waals surface area contributed by atoms with E-state index in [9.17, 15) is 10.2 Å². The van der Waals surface area contributed by atoms with Crippen LogP contribution < -0.4 is 0 Å². The van der Waals surface area contributed by atoms with Crippen LogP contribution in [0.5, 0.6) is 0 Å². The Kier molecular flexibility index (Phi) is 5.34. The summed E-state index contributed by atoms with van der Waals surface area (Å²) in [5, 5.41) is 19.2. The van der Waals surface area contributed by atoms with Crippen LogP contribution in [0, 0.1) is 5.92 Å². The molecule has 2 heteroatoms. The van der Waals surface area contributed by atoms with E-state index in [1.807, 2.05) is 6.92 Å². The van der Waals surface area contributed by atoms with Gasteiger partial charge in [0, 0.05) is 0 Å². The summed E-state index contributed by atoms with van der Waals surface area (Å²) in [7, 11) is 0. The predicted molar refractivity (Wildman–Crippen MR) is 62.6 cm³/mol. The second-order valence-electron chi connectivity index (χ2n) is 4.83. The minimum absolute atomic E-state index is 0.158. The van der Waals surface area contributed by atoms with Crippen molar-refractivity contribution in [2.75, 3.05) is 0 Å². The van der Waals surface area contributed by atoms with Gasteiger partial charge in [-0.05, 0) is 38.5 Å². The van der Waals surface area contributed by atoms with E-state index < -0.39 is 0 Å². The van der Waals surface area contributed by atoms with E-state index in [2.05, 4.69) is 13.0 Å². The van der Waals surface area contributed by atoms with Crippen molar-refractivity contribution < 1.29 is 10.2 Å². The van der Waals surface area contributed by atoms with Gasteiger partial charge in [0.25, 0.3) is 0 Å². The first-order chi connectivity index (χ1) is 7.13.